The van der Waals surface area contributed by atoms with Crippen LogP contribution in [0.1, 0.15) is 16.2 Å². The van der Waals surface area contributed by atoms with Gasteiger partial charge in [0.25, 0.3) is 11.5 Å². The molecule has 1 amide bonds. The van der Waals surface area contributed by atoms with Crippen LogP contribution in [0.15, 0.2) is 64.6 Å². The summed E-state index contributed by atoms with van der Waals surface area (Å²) in [6.45, 7) is 4.02. The molecule has 0 atom stereocenters. The number of amides is 1. The molecule has 0 aliphatic rings. The van der Waals surface area contributed by atoms with Crippen molar-refractivity contribution >= 4 is 17.5 Å². The maximum absolute atomic E-state index is 12.7. The Balaban J connectivity index is 1.81. The highest BCUT2D eigenvalue weighted by molar-refractivity contribution is 6.30. The number of H-pyrrole nitrogens is 1. The molecule has 2 aromatic heterocycles. The number of aromatic nitrogens is 3. The molecule has 132 valence electrons. The Bertz CT molecular complexity index is 981. The standard InChI is InChI=1S/C18H15ClN4O3/c1-2-8-23(18(25)13-9-14(19)17(24)20-10-13)11-15-21-16(22-26-15)12-6-4-3-5-7-12/h2-7,9-10H,1,8,11H2,(H,20,24). The van der Waals surface area contributed by atoms with E-state index in [4.69, 9.17) is 16.1 Å². The van der Waals surface area contributed by atoms with Crippen molar-refractivity contribution in [2.75, 3.05) is 6.54 Å². The van der Waals surface area contributed by atoms with Crippen LogP contribution in [0.25, 0.3) is 11.4 Å². The molecule has 3 rings (SSSR count). The van der Waals surface area contributed by atoms with E-state index in [1.165, 1.54) is 17.2 Å². The van der Waals surface area contributed by atoms with Crippen LogP contribution in [-0.4, -0.2) is 32.5 Å². The number of benzene rings is 1. The minimum absolute atomic E-state index is 0.0569. The van der Waals surface area contributed by atoms with E-state index in [1.54, 1.807) is 6.08 Å². The van der Waals surface area contributed by atoms with Gasteiger partial charge in [-0.3, -0.25) is 9.59 Å². The number of nitrogens with zero attached hydrogens (tertiary/aromatic N) is 3. The lowest BCUT2D eigenvalue weighted by Gasteiger charge is -2.19. The largest absolute Gasteiger partial charge is 0.337 e. The number of rotatable bonds is 6. The summed E-state index contributed by atoms with van der Waals surface area (Å²) in [6, 6.07) is 10.7. The van der Waals surface area contributed by atoms with Gasteiger partial charge in [0, 0.05) is 18.3 Å². The van der Waals surface area contributed by atoms with Gasteiger partial charge < -0.3 is 14.4 Å². The molecule has 8 heteroatoms. The first kappa shape index (κ1) is 17.6. The number of carbonyl (C=O) groups is 1. The quantitative estimate of drug-likeness (QED) is 0.673. The van der Waals surface area contributed by atoms with E-state index in [-0.39, 0.29) is 35.5 Å². The van der Waals surface area contributed by atoms with Crippen molar-refractivity contribution in [3.05, 3.63) is 82.1 Å². The summed E-state index contributed by atoms with van der Waals surface area (Å²) in [5.74, 6) is 0.385. The third-order valence-electron chi connectivity index (χ3n) is 3.57. The topological polar surface area (TPSA) is 92.1 Å². The predicted molar refractivity (Wildman–Crippen MR) is 96.7 cm³/mol. The molecule has 1 aromatic carbocycles. The number of halogens is 1. The maximum Gasteiger partial charge on any atom is 0.266 e. The lowest BCUT2D eigenvalue weighted by molar-refractivity contribution is 0.0745. The highest BCUT2D eigenvalue weighted by Gasteiger charge is 2.19. The van der Waals surface area contributed by atoms with E-state index in [0.717, 1.165) is 5.56 Å². The highest BCUT2D eigenvalue weighted by Crippen LogP contribution is 2.16. The Kier molecular flexibility index (Phi) is 5.28. The maximum atomic E-state index is 12.7. The van der Waals surface area contributed by atoms with Crippen LogP contribution in [-0.2, 0) is 6.54 Å². The number of aromatic amines is 1. The number of carbonyl (C=O) groups excluding carboxylic acids is 1. The third kappa shape index (κ3) is 3.89. The van der Waals surface area contributed by atoms with Gasteiger partial charge in [-0.05, 0) is 6.07 Å². The number of hydrogen-bond acceptors (Lipinski definition) is 5. The SMILES string of the molecule is C=CCN(Cc1nc(-c2ccccc2)no1)C(=O)c1c[nH]c(=O)c(Cl)c1. The van der Waals surface area contributed by atoms with Crippen molar-refractivity contribution in [2.45, 2.75) is 6.54 Å². The second kappa shape index (κ2) is 7.79. The Morgan fingerprint density at radius 2 is 2.12 bits per heavy atom. The molecule has 0 saturated heterocycles. The van der Waals surface area contributed by atoms with Gasteiger partial charge in [0.1, 0.15) is 11.6 Å². The molecule has 0 bridgehead atoms. The van der Waals surface area contributed by atoms with E-state index < -0.39 is 5.56 Å². The van der Waals surface area contributed by atoms with Gasteiger partial charge in [0.15, 0.2) is 0 Å². The fourth-order valence-electron chi connectivity index (χ4n) is 2.32. The summed E-state index contributed by atoms with van der Waals surface area (Å²) in [5, 5.41) is 3.88. The Hall–Kier alpha value is -3.19. The fourth-order valence-corrected chi connectivity index (χ4v) is 2.50. The predicted octanol–water partition coefficient (Wildman–Crippen LogP) is 2.91. The Labute approximate surface area is 153 Å². The van der Waals surface area contributed by atoms with Gasteiger partial charge in [0.05, 0.1) is 5.56 Å². The zero-order chi connectivity index (χ0) is 18.5. The molecule has 26 heavy (non-hydrogen) atoms. The van der Waals surface area contributed by atoms with Gasteiger partial charge in [-0.25, -0.2) is 0 Å². The summed E-state index contributed by atoms with van der Waals surface area (Å²) in [6.07, 6.45) is 2.90. The summed E-state index contributed by atoms with van der Waals surface area (Å²) in [4.78, 5) is 32.2. The van der Waals surface area contributed by atoms with Gasteiger partial charge in [-0.2, -0.15) is 4.98 Å². The molecule has 2 heterocycles. The Morgan fingerprint density at radius 1 is 1.35 bits per heavy atom. The van der Waals surface area contributed by atoms with Crippen molar-refractivity contribution < 1.29 is 9.32 Å². The fraction of sp³-hybridized carbons (Fsp3) is 0.111. The second-order valence-electron chi connectivity index (χ2n) is 5.42. The van der Waals surface area contributed by atoms with Crippen molar-refractivity contribution in [1.29, 1.82) is 0 Å². The molecule has 7 nitrogen and oxygen atoms in total. The van der Waals surface area contributed by atoms with Gasteiger partial charge in [0.2, 0.25) is 11.7 Å². The monoisotopic (exact) mass is 370 g/mol. The van der Waals surface area contributed by atoms with Crippen LogP contribution < -0.4 is 5.56 Å². The van der Waals surface area contributed by atoms with E-state index in [0.29, 0.717) is 5.82 Å². The Morgan fingerprint density at radius 3 is 2.81 bits per heavy atom. The first-order valence-corrected chi connectivity index (χ1v) is 8.12. The smallest absolute Gasteiger partial charge is 0.266 e. The summed E-state index contributed by atoms with van der Waals surface area (Å²) >= 11 is 5.80. The third-order valence-corrected chi connectivity index (χ3v) is 3.85. The number of hydrogen-bond donors (Lipinski definition) is 1. The molecule has 0 saturated carbocycles. The number of nitrogens with one attached hydrogen (secondary N) is 1. The average Bonchev–Trinajstić information content (AvgIpc) is 3.12. The van der Waals surface area contributed by atoms with E-state index in [1.807, 2.05) is 30.3 Å². The molecular formula is C18H15ClN4O3. The van der Waals surface area contributed by atoms with Gasteiger partial charge in [-0.1, -0.05) is 53.2 Å². The minimum Gasteiger partial charge on any atom is -0.337 e. The van der Waals surface area contributed by atoms with Crippen molar-refractivity contribution in [3.63, 3.8) is 0 Å². The highest BCUT2D eigenvalue weighted by atomic mass is 35.5. The number of pyridine rings is 1. The summed E-state index contributed by atoms with van der Waals surface area (Å²) in [5.41, 5.74) is 0.610. The van der Waals surface area contributed by atoms with E-state index >= 15 is 0 Å². The zero-order valence-corrected chi connectivity index (χ0v) is 14.4. The first-order valence-electron chi connectivity index (χ1n) is 7.75. The minimum atomic E-state index is -0.456. The lowest BCUT2D eigenvalue weighted by atomic mass is 10.2. The molecule has 0 aliphatic heterocycles. The molecule has 0 fully saturated rings. The first-order chi connectivity index (χ1) is 12.6. The van der Waals surface area contributed by atoms with Crippen molar-refractivity contribution in [2.24, 2.45) is 0 Å². The van der Waals surface area contributed by atoms with Crippen LogP contribution in [0.4, 0.5) is 0 Å². The molecule has 0 aliphatic carbocycles. The zero-order valence-electron chi connectivity index (χ0n) is 13.7. The summed E-state index contributed by atoms with van der Waals surface area (Å²) in [7, 11) is 0. The lowest BCUT2D eigenvalue weighted by Crippen LogP contribution is -2.31. The van der Waals surface area contributed by atoms with Crippen LogP contribution in [0, 0.1) is 0 Å². The molecule has 0 spiro atoms. The molecule has 3 aromatic rings. The molecule has 0 radical (unpaired) electrons. The molecule has 0 unspecified atom stereocenters. The van der Waals surface area contributed by atoms with E-state index in [9.17, 15) is 9.59 Å². The second-order valence-corrected chi connectivity index (χ2v) is 5.82. The molecular weight excluding hydrogens is 356 g/mol. The van der Waals surface area contributed by atoms with Crippen molar-refractivity contribution in [1.82, 2.24) is 20.0 Å². The van der Waals surface area contributed by atoms with Gasteiger partial charge >= 0.3 is 0 Å². The normalized spacial score (nSPS) is 10.5. The van der Waals surface area contributed by atoms with Crippen LogP contribution >= 0.6 is 11.6 Å². The van der Waals surface area contributed by atoms with Crippen LogP contribution in [0.5, 0.6) is 0 Å². The van der Waals surface area contributed by atoms with Crippen LogP contribution in [0.2, 0.25) is 5.02 Å². The van der Waals surface area contributed by atoms with Crippen molar-refractivity contribution in [3.8, 4) is 11.4 Å². The van der Waals surface area contributed by atoms with Crippen LogP contribution in [0.3, 0.4) is 0 Å². The van der Waals surface area contributed by atoms with E-state index in [2.05, 4.69) is 21.7 Å². The molecule has 1 N–H and O–H groups in total. The van der Waals surface area contributed by atoms with Gasteiger partial charge in [-0.15, -0.1) is 6.58 Å². The summed E-state index contributed by atoms with van der Waals surface area (Å²) < 4.78 is 5.25. The average molecular weight is 371 g/mol.